The Kier molecular flexibility index (Phi) is 9.92. The Morgan fingerprint density at radius 2 is 1.67 bits per heavy atom. The number of methoxy groups -OCH3 is 1. The molecule has 4 N–H and O–H groups in total. The summed E-state index contributed by atoms with van der Waals surface area (Å²) in [5, 5.41) is 5.29. The molecule has 0 aromatic rings. The van der Waals surface area contributed by atoms with Gasteiger partial charge >= 0.3 is 5.97 Å². The number of halogens is 1. The van der Waals surface area contributed by atoms with E-state index in [9.17, 15) is 14.4 Å². The number of hydrogen-bond acceptors (Lipinski definition) is 5. The van der Waals surface area contributed by atoms with Crippen LogP contribution in [0.5, 0.6) is 0 Å². The summed E-state index contributed by atoms with van der Waals surface area (Å²) in [7, 11) is 1.32. The molecule has 0 unspecified atom stereocenters. The molecule has 1 aliphatic rings. The monoisotopic (exact) mass is 363 g/mol. The van der Waals surface area contributed by atoms with Crippen molar-refractivity contribution in [2.45, 2.75) is 64.0 Å². The third-order valence-electron chi connectivity index (χ3n) is 4.36. The van der Waals surface area contributed by atoms with Gasteiger partial charge in [-0.3, -0.25) is 9.59 Å². The van der Waals surface area contributed by atoms with E-state index >= 15 is 0 Å². The number of rotatable bonds is 6. The van der Waals surface area contributed by atoms with E-state index < -0.39 is 23.5 Å². The lowest BCUT2D eigenvalue weighted by Gasteiger charge is -2.31. The van der Waals surface area contributed by atoms with Crippen LogP contribution in [0.25, 0.3) is 0 Å². The van der Waals surface area contributed by atoms with E-state index in [2.05, 4.69) is 10.6 Å². The van der Waals surface area contributed by atoms with Crippen molar-refractivity contribution in [2.75, 3.05) is 13.7 Å². The Morgan fingerprint density at radius 1 is 1.12 bits per heavy atom. The summed E-state index contributed by atoms with van der Waals surface area (Å²) in [6.07, 6.45) is 4.92. The fraction of sp³-hybridized carbons (Fsp3) is 0.812. The van der Waals surface area contributed by atoms with Crippen LogP contribution in [0, 0.1) is 5.92 Å². The molecule has 140 valence electrons. The number of carbonyl (C=O) groups is 3. The maximum atomic E-state index is 12.2. The molecular formula is C16H30ClN3O4. The number of nitrogens with one attached hydrogen (secondary N) is 2. The number of nitrogens with two attached hydrogens (primary N) is 1. The maximum absolute atomic E-state index is 12.2. The van der Waals surface area contributed by atoms with Crippen LogP contribution in [0.15, 0.2) is 0 Å². The Bertz CT molecular complexity index is 435. The highest BCUT2D eigenvalue weighted by Crippen LogP contribution is 2.28. The molecule has 1 aliphatic carbocycles. The minimum Gasteiger partial charge on any atom is -0.467 e. The lowest BCUT2D eigenvalue weighted by molar-refractivity contribution is -0.151. The highest BCUT2D eigenvalue weighted by atomic mass is 35.5. The standard InChI is InChI=1S/C16H29N3O4.ClH/c1-11(2)13(17)14(21)18-10-12(20)19-16(15(22)23-3)8-6-4-5-7-9-16;/h11,13H,4-10,17H2,1-3H3,(H,18,21)(H,19,20);1H/t13-;/m0./s1. The average Bonchev–Trinajstić information content (AvgIpc) is 2.77. The van der Waals surface area contributed by atoms with Crippen LogP contribution < -0.4 is 16.4 Å². The molecule has 8 heteroatoms. The van der Waals surface area contributed by atoms with Gasteiger partial charge in [-0.15, -0.1) is 12.4 Å². The first-order chi connectivity index (χ1) is 10.8. The predicted octanol–water partition coefficient (Wildman–Crippen LogP) is 0.890. The van der Waals surface area contributed by atoms with E-state index in [1.54, 1.807) is 0 Å². The van der Waals surface area contributed by atoms with E-state index in [0.29, 0.717) is 12.8 Å². The van der Waals surface area contributed by atoms with Gasteiger partial charge in [0, 0.05) is 0 Å². The van der Waals surface area contributed by atoms with Crippen LogP contribution in [-0.2, 0) is 19.1 Å². The Balaban J connectivity index is 0.00000529. The number of esters is 1. The highest BCUT2D eigenvalue weighted by Gasteiger charge is 2.41. The molecule has 1 atom stereocenters. The van der Waals surface area contributed by atoms with Crippen molar-refractivity contribution in [3.05, 3.63) is 0 Å². The zero-order valence-corrected chi connectivity index (χ0v) is 15.5. The van der Waals surface area contributed by atoms with Crippen molar-refractivity contribution >= 4 is 30.2 Å². The van der Waals surface area contributed by atoms with Gasteiger partial charge in [-0.25, -0.2) is 4.79 Å². The van der Waals surface area contributed by atoms with E-state index in [-0.39, 0.29) is 30.8 Å². The number of ether oxygens (including phenoxy) is 1. The first kappa shape index (κ1) is 22.7. The lowest BCUT2D eigenvalue weighted by Crippen LogP contribution is -2.57. The fourth-order valence-corrected chi connectivity index (χ4v) is 2.81. The summed E-state index contributed by atoms with van der Waals surface area (Å²) in [6.45, 7) is 3.47. The van der Waals surface area contributed by atoms with Crippen LogP contribution in [0.1, 0.15) is 52.4 Å². The fourth-order valence-electron chi connectivity index (χ4n) is 2.81. The SMILES string of the molecule is COC(=O)C1(NC(=O)CNC(=O)[C@@H](N)C(C)C)CCCCCC1.Cl. The van der Waals surface area contributed by atoms with Gasteiger partial charge in [-0.05, 0) is 18.8 Å². The molecule has 0 heterocycles. The van der Waals surface area contributed by atoms with Gasteiger partial charge in [0.2, 0.25) is 11.8 Å². The average molecular weight is 364 g/mol. The van der Waals surface area contributed by atoms with Crippen molar-refractivity contribution in [1.82, 2.24) is 10.6 Å². The minimum absolute atomic E-state index is 0. The molecule has 0 saturated heterocycles. The lowest BCUT2D eigenvalue weighted by atomic mass is 9.90. The van der Waals surface area contributed by atoms with Gasteiger partial charge in [0.1, 0.15) is 5.54 Å². The first-order valence-electron chi connectivity index (χ1n) is 8.25. The zero-order chi connectivity index (χ0) is 17.5. The second-order valence-corrected chi connectivity index (χ2v) is 6.52. The third-order valence-corrected chi connectivity index (χ3v) is 4.36. The van der Waals surface area contributed by atoms with Crippen LogP contribution in [-0.4, -0.2) is 43.0 Å². The minimum atomic E-state index is -0.979. The number of amides is 2. The van der Waals surface area contributed by atoms with Crippen LogP contribution in [0.2, 0.25) is 0 Å². The second kappa shape index (κ2) is 10.5. The predicted molar refractivity (Wildman–Crippen MR) is 93.7 cm³/mol. The van der Waals surface area contributed by atoms with Crippen LogP contribution >= 0.6 is 12.4 Å². The van der Waals surface area contributed by atoms with Gasteiger partial charge < -0.3 is 21.1 Å². The summed E-state index contributed by atoms with van der Waals surface area (Å²) >= 11 is 0. The molecule has 0 bridgehead atoms. The molecule has 0 radical (unpaired) electrons. The van der Waals surface area contributed by atoms with Crippen molar-refractivity contribution in [1.29, 1.82) is 0 Å². The van der Waals surface area contributed by atoms with E-state index in [0.717, 1.165) is 25.7 Å². The summed E-state index contributed by atoms with van der Waals surface area (Å²) in [5.74, 6) is -1.20. The Morgan fingerprint density at radius 3 is 2.12 bits per heavy atom. The number of hydrogen-bond donors (Lipinski definition) is 3. The molecule has 1 saturated carbocycles. The topological polar surface area (TPSA) is 111 Å². The van der Waals surface area contributed by atoms with E-state index in [1.165, 1.54) is 7.11 Å². The normalized spacial score (nSPS) is 17.9. The molecule has 7 nitrogen and oxygen atoms in total. The Hall–Kier alpha value is -1.34. The molecule has 0 spiro atoms. The van der Waals surface area contributed by atoms with Crippen LogP contribution in [0.3, 0.4) is 0 Å². The summed E-state index contributed by atoms with van der Waals surface area (Å²) in [5.41, 5.74) is 4.75. The molecule has 0 aromatic heterocycles. The van der Waals surface area contributed by atoms with Crippen molar-refractivity contribution < 1.29 is 19.1 Å². The zero-order valence-electron chi connectivity index (χ0n) is 14.7. The largest absolute Gasteiger partial charge is 0.467 e. The van der Waals surface area contributed by atoms with Crippen molar-refractivity contribution in [2.24, 2.45) is 11.7 Å². The molecule has 1 fully saturated rings. The van der Waals surface area contributed by atoms with Gasteiger partial charge in [0.25, 0.3) is 0 Å². The van der Waals surface area contributed by atoms with Gasteiger partial charge in [0.05, 0.1) is 19.7 Å². The van der Waals surface area contributed by atoms with Gasteiger partial charge in [-0.2, -0.15) is 0 Å². The third kappa shape index (κ3) is 6.28. The molecular weight excluding hydrogens is 334 g/mol. The van der Waals surface area contributed by atoms with Crippen LogP contribution in [0.4, 0.5) is 0 Å². The highest BCUT2D eigenvalue weighted by molar-refractivity contribution is 5.91. The number of carbonyl (C=O) groups excluding carboxylic acids is 3. The molecule has 2 amide bonds. The quantitative estimate of drug-likeness (QED) is 0.479. The van der Waals surface area contributed by atoms with E-state index in [1.807, 2.05) is 13.8 Å². The molecule has 24 heavy (non-hydrogen) atoms. The first-order valence-corrected chi connectivity index (χ1v) is 8.25. The second-order valence-electron chi connectivity index (χ2n) is 6.52. The summed E-state index contributed by atoms with van der Waals surface area (Å²) in [6, 6.07) is -0.657. The summed E-state index contributed by atoms with van der Waals surface area (Å²) < 4.78 is 4.88. The molecule has 0 aliphatic heterocycles. The van der Waals surface area contributed by atoms with E-state index in [4.69, 9.17) is 10.5 Å². The van der Waals surface area contributed by atoms with Gasteiger partial charge in [-0.1, -0.05) is 39.5 Å². The Labute approximate surface area is 149 Å². The van der Waals surface area contributed by atoms with Gasteiger partial charge in [0.15, 0.2) is 0 Å². The smallest absolute Gasteiger partial charge is 0.331 e. The molecule has 0 aromatic carbocycles. The van der Waals surface area contributed by atoms with Crippen molar-refractivity contribution in [3.63, 3.8) is 0 Å². The summed E-state index contributed by atoms with van der Waals surface area (Å²) in [4.78, 5) is 36.1. The maximum Gasteiger partial charge on any atom is 0.331 e. The van der Waals surface area contributed by atoms with Crippen molar-refractivity contribution in [3.8, 4) is 0 Å². The molecule has 1 rings (SSSR count).